The fraction of sp³-hybridized carbons (Fsp3) is 0.111. The second kappa shape index (κ2) is 5.26. The van der Waals surface area contributed by atoms with E-state index in [0.717, 1.165) is 0 Å². The molecule has 1 aromatic heterocycles. The molecule has 126 valence electrons. The van der Waals surface area contributed by atoms with Crippen molar-refractivity contribution in [3.8, 4) is 11.5 Å². The summed E-state index contributed by atoms with van der Waals surface area (Å²) in [5.74, 6) is 0.453. The van der Waals surface area contributed by atoms with Crippen LogP contribution in [0.2, 0.25) is 5.28 Å². The molecule has 6 nitrogen and oxygen atoms in total. The first-order chi connectivity index (χ1) is 11.9. The molecule has 0 aliphatic carbocycles. The molecule has 3 aromatic rings. The molecule has 0 atom stereocenters. The highest BCUT2D eigenvalue weighted by atomic mass is 35.5. The average molecular weight is 356 g/mol. The summed E-state index contributed by atoms with van der Waals surface area (Å²) in [6.07, 6.45) is 0. The predicted molar refractivity (Wildman–Crippen MR) is 92.9 cm³/mol. The molecular formula is C18H14ClN3O3. The number of aromatic hydroxyl groups is 2. The number of fused-ring (bicyclic) bond motifs is 1. The summed E-state index contributed by atoms with van der Waals surface area (Å²) in [5, 5.41) is 22.4. The molecule has 7 heteroatoms. The number of nitrogens with zero attached hydrogens (tertiary/aromatic N) is 2. The first-order valence-corrected chi connectivity index (χ1v) is 7.95. The second-order valence-corrected chi connectivity index (χ2v) is 6.27. The lowest BCUT2D eigenvalue weighted by Gasteiger charge is -2.27. The third-order valence-corrected chi connectivity index (χ3v) is 4.91. The van der Waals surface area contributed by atoms with Crippen LogP contribution in [0.4, 0.5) is 5.82 Å². The molecule has 2 heterocycles. The summed E-state index contributed by atoms with van der Waals surface area (Å²) in [6.45, 7) is 0. The monoisotopic (exact) mass is 355 g/mol. The summed E-state index contributed by atoms with van der Waals surface area (Å²) in [6, 6.07) is 12.8. The number of hydrogen-bond acceptors (Lipinski definition) is 4. The molecule has 0 unspecified atom stereocenters. The zero-order valence-electron chi connectivity index (χ0n) is 13.2. The van der Waals surface area contributed by atoms with Gasteiger partial charge >= 0.3 is 0 Å². The lowest BCUT2D eigenvalue weighted by Crippen LogP contribution is -2.37. The maximum Gasteiger partial charge on any atom is 0.246 e. The molecular weight excluding hydrogens is 342 g/mol. The van der Waals surface area contributed by atoms with E-state index < -0.39 is 5.41 Å². The summed E-state index contributed by atoms with van der Waals surface area (Å²) in [5.41, 5.74) is 0.548. The first-order valence-electron chi connectivity index (χ1n) is 7.57. The normalized spacial score (nSPS) is 15.0. The fourth-order valence-electron chi connectivity index (χ4n) is 3.31. The van der Waals surface area contributed by atoms with Crippen molar-refractivity contribution in [3.63, 3.8) is 0 Å². The van der Waals surface area contributed by atoms with Crippen LogP contribution in [0.1, 0.15) is 16.8 Å². The standard InChI is InChI=1S/C18H14ClN3O3/c1-22-15-14(20-17(22)19)18(16(25)21-15,10-2-6-12(23)7-3-10)11-4-8-13(24)9-5-11/h2-9,23-24H,1H3,(H,21,25). The zero-order valence-corrected chi connectivity index (χ0v) is 13.9. The number of rotatable bonds is 2. The SMILES string of the molecule is Cn1c(Cl)nc2c1NC(=O)C2(c1ccc(O)cc1)c1ccc(O)cc1. The number of aromatic nitrogens is 2. The Labute approximate surface area is 148 Å². The number of benzene rings is 2. The van der Waals surface area contributed by atoms with Gasteiger partial charge in [-0.15, -0.1) is 0 Å². The number of amides is 1. The number of imidazole rings is 1. The molecule has 0 fully saturated rings. The highest BCUT2D eigenvalue weighted by Gasteiger charge is 2.53. The van der Waals surface area contributed by atoms with Crippen molar-refractivity contribution < 1.29 is 15.0 Å². The summed E-state index contributed by atoms with van der Waals surface area (Å²) >= 11 is 6.17. The smallest absolute Gasteiger partial charge is 0.246 e. The maximum atomic E-state index is 13.1. The van der Waals surface area contributed by atoms with E-state index in [1.54, 1.807) is 35.9 Å². The van der Waals surface area contributed by atoms with Crippen LogP contribution in [0.5, 0.6) is 11.5 Å². The average Bonchev–Trinajstić information content (AvgIpc) is 3.03. The second-order valence-electron chi connectivity index (χ2n) is 5.93. The molecule has 1 aliphatic rings. The molecule has 0 saturated heterocycles. The van der Waals surface area contributed by atoms with Crippen LogP contribution in [-0.4, -0.2) is 25.7 Å². The molecule has 3 N–H and O–H groups in total. The molecule has 2 aromatic carbocycles. The molecule has 0 bridgehead atoms. The molecule has 25 heavy (non-hydrogen) atoms. The van der Waals surface area contributed by atoms with Gasteiger partial charge in [0.2, 0.25) is 11.2 Å². The maximum absolute atomic E-state index is 13.1. The van der Waals surface area contributed by atoms with Gasteiger partial charge < -0.3 is 20.1 Å². The Balaban J connectivity index is 2.07. The Morgan fingerprint density at radius 1 is 1.00 bits per heavy atom. The number of carbonyl (C=O) groups excluding carboxylic acids is 1. The van der Waals surface area contributed by atoms with Gasteiger partial charge in [0.25, 0.3) is 0 Å². The highest BCUT2D eigenvalue weighted by Crippen LogP contribution is 2.48. The van der Waals surface area contributed by atoms with E-state index in [4.69, 9.17) is 11.6 Å². The number of hydrogen-bond donors (Lipinski definition) is 3. The van der Waals surface area contributed by atoms with Crippen molar-refractivity contribution in [3.05, 3.63) is 70.6 Å². The number of carbonyl (C=O) groups is 1. The van der Waals surface area contributed by atoms with E-state index in [-0.39, 0.29) is 22.7 Å². The Morgan fingerprint density at radius 2 is 1.48 bits per heavy atom. The first kappa shape index (κ1) is 15.5. The van der Waals surface area contributed by atoms with Crippen LogP contribution in [0.25, 0.3) is 0 Å². The molecule has 0 spiro atoms. The minimum atomic E-state index is -1.22. The van der Waals surface area contributed by atoms with Gasteiger partial charge in [-0.2, -0.15) is 0 Å². The number of halogens is 1. The van der Waals surface area contributed by atoms with Crippen molar-refractivity contribution >= 4 is 23.3 Å². The molecule has 4 rings (SSSR count). The van der Waals surface area contributed by atoms with Crippen LogP contribution >= 0.6 is 11.6 Å². The Bertz CT molecular complexity index is 933. The van der Waals surface area contributed by atoms with Crippen molar-refractivity contribution in [2.24, 2.45) is 7.05 Å². The summed E-state index contributed by atoms with van der Waals surface area (Å²) in [4.78, 5) is 17.5. The van der Waals surface area contributed by atoms with Crippen molar-refractivity contribution in [2.75, 3.05) is 5.32 Å². The Morgan fingerprint density at radius 3 is 1.96 bits per heavy atom. The van der Waals surface area contributed by atoms with Gasteiger partial charge in [-0.05, 0) is 47.0 Å². The minimum absolute atomic E-state index is 0.0993. The fourth-order valence-corrected chi connectivity index (χ4v) is 3.48. The number of phenolic OH excluding ortho intramolecular Hbond substituents is 2. The van der Waals surface area contributed by atoms with Gasteiger partial charge in [0, 0.05) is 7.05 Å². The molecule has 1 aliphatic heterocycles. The van der Waals surface area contributed by atoms with Gasteiger partial charge in [-0.3, -0.25) is 4.79 Å². The van der Waals surface area contributed by atoms with E-state index in [9.17, 15) is 15.0 Å². The van der Waals surface area contributed by atoms with Crippen LogP contribution in [0.15, 0.2) is 48.5 Å². The van der Waals surface area contributed by atoms with E-state index >= 15 is 0 Å². The predicted octanol–water partition coefficient (Wildman–Crippen LogP) is 2.77. The highest BCUT2D eigenvalue weighted by molar-refractivity contribution is 6.29. The summed E-state index contributed by atoms with van der Waals surface area (Å²) in [7, 11) is 1.72. The van der Waals surface area contributed by atoms with Crippen molar-refractivity contribution in [1.82, 2.24) is 9.55 Å². The molecule has 0 saturated carbocycles. The number of nitrogens with one attached hydrogen (secondary N) is 1. The quantitative estimate of drug-likeness (QED) is 0.659. The number of phenols is 2. The molecule has 0 radical (unpaired) electrons. The van der Waals surface area contributed by atoms with Gasteiger partial charge in [-0.1, -0.05) is 24.3 Å². The van der Waals surface area contributed by atoms with Crippen molar-refractivity contribution in [1.29, 1.82) is 0 Å². The molecule has 1 amide bonds. The van der Waals surface area contributed by atoms with Gasteiger partial charge in [-0.25, -0.2) is 4.98 Å². The largest absolute Gasteiger partial charge is 0.508 e. The number of anilines is 1. The van der Waals surface area contributed by atoms with Crippen molar-refractivity contribution in [2.45, 2.75) is 5.41 Å². The van der Waals surface area contributed by atoms with Gasteiger partial charge in [0.15, 0.2) is 0 Å². The van der Waals surface area contributed by atoms with Crippen LogP contribution < -0.4 is 5.32 Å². The topological polar surface area (TPSA) is 87.4 Å². The third kappa shape index (κ3) is 2.04. The van der Waals surface area contributed by atoms with E-state index in [1.165, 1.54) is 24.3 Å². The zero-order chi connectivity index (χ0) is 17.8. The lowest BCUT2D eigenvalue weighted by molar-refractivity contribution is -0.118. The van der Waals surface area contributed by atoms with Crippen LogP contribution in [0, 0.1) is 0 Å². The van der Waals surface area contributed by atoms with Crippen LogP contribution in [0.3, 0.4) is 0 Å². The lowest BCUT2D eigenvalue weighted by atomic mass is 9.72. The minimum Gasteiger partial charge on any atom is -0.508 e. The van der Waals surface area contributed by atoms with E-state index in [2.05, 4.69) is 10.3 Å². The summed E-state index contributed by atoms with van der Waals surface area (Å²) < 4.78 is 1.61. The van der Waals surface area contributed by atoms with Gasteiger partial charge in [0.05, 0.1) is 0 Å². The Hall–Kier alpha value is -2.99. The Kier molecular flexibility index (Phi) is 3.27. The van der Waals surface area contributed by atoms with Crippen LogP contribution in [-0.2, 0) is 17.3 Å². The van der Waals surface area contributed by atoms with E-state index in [1.807, 2.05) is 0 Å². The van der Waals surface area contributed by atoms with Gasteiger partial charge in [0.1, 0.15) is 28.4 Å². The van der Waals surface area contributed by atoms with E-state index in [0.29, 0.717) is 22.6 Å². The third-order valence-electron chi connectivity index (χ3n) is 4.57.